The Hall–Kier alpha value is -0.310. The van der Waals surface area contributed by atoms with Crippen molar-refractivity contribution in [3.05, 3.63) is 17.0 Å². The van der Waals surface area contributed by atoms with E-state index in [-0.39, 0.29) is 0 Å². The van der Waals surface area contributed by atoms with Gasteiger partial charge in [0.15, 0.2) is 0 Å². The number of rotatable bonds is 1. The second-order valence-corrected chi connectivity index (χ2v) is 4.47. The van der Waals surface area contributed by atoms with E-state index in [4.69, 9.17) is 4.52 Å². The second-order valence-electron chi connectivity index (χ2n) is 3.91. The molecule has 0 saturated heterocycles. The summed E-state index contributed by atoms with van der Waals surface area (Å²) < 4.78 is 5.38. The standard InChI is InChI=1S/C10H14BrNO/c1-6-3-4-8-9(5-11)12-13-10(8)7(6)2/h6-7H,3-5H2,1-2H3. The van der Waals surface area contributed by atoms with Crippen molar-refractivity contribution in [1.29, 1.82) is 0 Å². The van der Waals surface area contributed by atoms with Crippen molar-refractivity contribution in [2.24, 2.45) is 5.92 Å². The Kier molecular flexibility index (Phi) is 2.45. The smallest absolute Gasteiger partial charge is 0.143 e. The minimum atomic E-state index is 0.532. The molecule has 0 spiro atoms. The number of alkyl halides is 1. The molecule has 0 aliphatic heterocycles. The summed E-state index contributed by atoms with van der Waals surface area (Å²) in [5, 5.41) is 4.89. The lowest BCUT2D eigenvalue weighted by molar-refractivity contribution is 0.307. The van der Waals surface area contributed by atoms with E-state index >= 15 is 0 Å². The molecule has 1 aromatic rings. The lowest BCUT2D eigenvalue weighted by atomic mass is 9.81. The van der Waals surface area contributed by atoms with E-state index in [0.717, 1.165) is 29.1 Å². The van der Waals surface area contributed by atoms with Crippen LogP contribution in [-0.2, 0) is 11.8 Å². The van der Waals surface area contributed by atoms with E-state index in [1.54, 1.807) is 0 Å². The van der Waals surface area contributed by atoms with Crippen LogP contribution in [0.15, 0.2) is 4.52 Å². The molecule has 1 aromatic heterocycles. The molecule has 72 valence electrons. The first kappa shape index (κ1) is 9.25. The summed E-state index contributed by atoms with van der Waals surface area (Å²) in [5.41, 5.74) is 2.44. The molecule has 2 rings (SSSR count). The Morgan fingerprint density at radius 2 is 2.31 bits per heavy atom. The van der Waals surface area contributed by atoms with Crippen LogP contribution >= 0.6 is 15.9 Å². The third-order valence-electron chi connectivity index (χ3n) is 3.14. The summed E-state index contributed by atoms with van der Waals surface area (Å²) in [6, 6.07) is 0. The number of aromatic nitrogens is 1. The van der Waals surface area contributed by atoms with Crippen LogP contribution in [-0.4, -0.2) is 5.16 Å². The molecule has 0 saturated carbocycles. The minimum Gasteiger partial charge on any atom is -0.361 e. The quantitative estimate of drug-likeness (QED) is 0.708. The predicted molar refractivity (Wildman–Crippen MR) is 55.0 cm³/mol. The molecule has 2 unspecified atom stereocenters. The minimum absolute atomic E-state index is 0.532. The summed E-state index contributed by atoms with van der Waals surface area (Å²) in [6.07, 6.45) is 2.39. The van der Waals surface area contributed by atoms with Crippen LogP contribution in [0, 0.1) is 5.92 Å². The maximum atomic E-state index is 5.38. The van der Waals surface area contributed by atoms with Crippen molar-refractivity contribution in [3.8, 4) is 0 Å². The first-order chi connectivity index (χ1) is 6.24. The third-order valence-corrected chi connectivity index (χ3v) is 3.67. The summed E-state index contributed by atoms with van der Waals surface area (Å²) in [6.45, 7) is 4.51. The van der Waals surface area contributed by atoms with Gasteiger partial charge in [0, 0.05) is 16.8 Å². The van der Waals surface area contributed by atoms with Gasteiger partial charge in [0.25, 0.3) is 0 Å². The van der Waals surface area contributed by atoms with Gasteiger partial charge in [0.1, 0.15) is 5.76 Å². The summed E-state index contributed by atoms with van der Waals surface area (Å²) in [5.74, 6) is 2.38. The van der Waals surface area contributed by atoms with Crippen LogP contribution in [0.5, 0.6) is 0 Å². The molecule has 1 aliphatic carbocycles. The van der Waals surface area contributed by atoms with Crippen LogP contribution < -0.4 is 0 Å². The number of fused-ring (bicyclic) bond motifs is 1. The van der Waals surface area contributed by atoms with Crippen molar-refractivity contribution in [2.75, 3.05) is 0 Å². The zero-order valence-electron chi connectivity index (χ0n) is 8.01. The highest BCUT2D eigenvalue weighted by Crippen LogP contribution is 2.37. The van der Waals surface area contributed by atoms with Gasteiger partial charge < -0.3 is 4.52 Å². The molecular formula is C10H14BrNO. The largest absolute Gasteiger partial charge is 0.361 e. The molecule has 0 aromatic carbocycles. The summed E-state index contributed by atoms with van der Waals surface area (Å²) in [4.78, 5) is 0. The van der Waals surface area contributed by atoms with Crippen LogP contribution in [0.25, 0.3) is 0 Å². The molecular weight excluding hydrogens is 230 g/mol. The van der Waals surface area contributed by atoms with Gasteiger partial charge in [-0.25, -0.2) is 0 Å². The predicted octanol–water partition coefficient (Wildman–Crippen LogP) is 3.26. The fourth-order valence-corrected chi connectivity index (χ4v) is 2.41. The van der Waals surface area contributed by atoms with Crippen LogP contribution in [0.1, 0.15) is 43.2 Å². The van der Waals surface area contributed by atoms with E-state index in [2.05, 4.69) is 34.9 Å². The first-order valence-corrected chi connectivity index (χ1v) is 5.89. The molecule has 13 heavy (non-hydrogen) atoms. The van der Waals surface area contributed by atoms with Gasteiger partial charge in [-0.05, 0) is 18.8 Å². The molecule has 3 heteroatoms. The third kappa shape index (κ3) is 1.43. The van der Waals surface area contributed by atoms with E-state index in [1.807, 2.05) is 0 Å². The zero-order chi connectivity index (χ0) is 9.42. The Morgan fingerprint density at radius 3 is 3.00 bits per heavy atom. The van der Waals surface area contributed by atoms with Gasteiger partial charge in [-0.15, -0.1) is 0 Å². The molecule has 1 heterocycles. The Balaban J connectivity index is 2.39. The molecule has 0 bridgehead atoms. The number of nitrogens with zero attached hydrogens (tertiary/aromatic N) is 1. The fraction of sp³-hybridized carbons (Fsp3) is 0.700. The second kappa shape index (κ2) is 3.45. The monoisotopic (exact) mass is 243 g/mol. The van der Waals surface area contributed by atoms with Gasteiger partial charge in [0.05, 0.1) is 5.69 Å². The van der Waals surface area contributed by atoms with Crippen LogP contribution in [0.4, 0.5) is 0 Å². The zero-order valence-corrected chi connectivity index (χ0v) is 9.60. The normalized spacial score (nSPS) is 27.3. The molecule has 1 aliphatic rings. The number of halogens is 1. The SMILES string of the molecule is CC1CCc2c(CBr)noc2C1C. The van der Waals surface area contributed by atoms with Crippen LogP contribution in [0.2, 0.25) is 0 Å². The molecule has 2 nitrogen and oxygen atoms in total. The van der Waals surface area contributed by atoms with Gasteiger partial charge >= 0.3 is 0 Å². The number of hydrogen-bond donors (Lipinski definition) is 0. The molecule has 0 fully saturated rings. The van der Waals surface area contributed by atoms with E-state index in [9.17, 15) is 0 Å². The highest BCUT2D eigenvalue weighted by molar-refractivity contribution is 9.08. The Labute approximate surface area is 86.8 Å². The van der Waals surface area contributed by atoms with E-state index in [0.29, 0.717) is 5.92 Å². The highest BCUT2D eigenvalue weighted by Gasteiger charge is 2.29. The van der Waals surface area contributed by atoms with Crippen molar-refractivity contribution in [3.63, 3.8) is 0 Å². The summed E-state index contributed by atoms with van der Waals surface area (Å²) >= 11 is 3.43. The van der Waals surface area contributed by atoms with E-state index < -0.39 is 0 Å². The van der Waals surface area contributed by atoms with Gasteiger partial charge in [0.2, 0.25) is 0 Å². The van der Waals surface area contributed by atoms with Crippen molar-refractivity contribution < 1.29 is 4.52 Å². The summed E-state index contributed by atoms with van der Waals surface area (Å²) in [7, 11) is 0. The average Bonchev–Trinajstić information content (AvgIpc) is 2.55. The van der Waals surface area contributed by atoms with Crippen molar-refractivity contribution in [2.45, 2.75) is 37.9 Å². The molecule has 0 N–H and O–H groups in total. The van der Waals surface area contributed by atoms with Gasteiger partial charge in [-0.3, -0.25) is 0 Å². The maximum absolute atomic E-state index is 5.38. The topological polar surface area (TPSA) is 26.0 Å². The molecule has 0 amide bonds. The number of hydrogen-bond acceptors (Lipinski definition) is 2. The highest BCUT2D eigenvalue weighted by atomic mass is 79.9. The molecule has 0 radical (unpaired) electrons. The first-order valence-electron chi connectivity index (χ1n) is 4.77. The lowest BCUT2D eigenvalue weighted by Crippen LogP contribution is -2.14. The van der Waals surface area contributed by atoms with Gasteiger partial charge in [-0.2, -0.15) is 0 Å². The van der Waals surface area contributed by atoms with Gasteiger partial charge in [-0.1, -0.05) is 34.9 Å². The van der Waals surface area contributed by atoms with Crippen LogP contribution in [0.3, 0.4) is 0 Å². The van der Waals surface area contributed by atoms with E-state index in [1.165, 1.54) is 12.0 Å². The molecule has 2 atom stereocenters. The fourth-order valence-electron chi connectivity index (χ4n) is 1.97. The van der Waals surface area contributed by atoms with Crippen molar-refractivity contribution in [1.82, 2.24) is 5.16 Å². The lowest BCUT2D eigenvalue weighted by Gasteiger charge is -2.23. The average molecular weight is 244 g/mol. The Bertz CT molecular complexity index is 308. The van der Waals surface area contributed by atoms with Crippen molar-refractivity contribution >= 4 is 15.9 Å². The maximum Gasteiger partial charge on any atom is 0.143 e. The Morgan fingerprint density at radius 1 is 1.54 bits per heavy atom.